The summed E-state index contributed by atoms with van der Waals surface area (Å²) in [5.74, 6) is 0. The van der Waals surface area contributed by atoms with Gasteiger partial charge in [-0.05, 0) is 47.5 Å². The number of aromatic nitrogens is 2. The van der Waals surface area contributed by atoms with Crippen molar-refractivity contribution in [2.45, 2.75) is 0 Å². The van der Waals surface area contributed by atoms with E-state index in [1.54, 1.807) is 21.3 Å². The molecule has 0 spiro atoms. The average Bonchev–Trinajstić information content (AvgIpc) is 2.89. The Labute approximate surface area is 195 Å². The zero-order chi connectivity index (χ0) is 23.1. The maximum atomic E-state index is 13.4. The molecule has 0 fully saturated rings. The van der Waals surface area contributed by atoms with Crippen molar-refractivity contribution in [2.24, 2.45) is 0 Å². The maximum Gasteiger partial charge on any atom is 0.256 e. The van der Waals surface area contributed by atoms with Crippen LogP contribution in [0.25, 0.3) is 44.3 Å². The lowest BCUT2D eigenvalue weighted by atomic mass is 9.97. The van der Waals surface area contributed by atoms with Crippen molar-refractivity contribution >= 4 is 21.8 Å². The van der Waals surface area contributed by atoms with E-state index in [9.17, 15) is 9.59 Å². The van der Waals surface area contributed by atoms with Crippen LogP contribution >= 0.6 is 0 Å². The zero-order valence-electron chi connectivity index (χ0n) is 18.3. The summed E-state index contributed by atoms with van der Waals surface area (Å²) in [5, 5.41) is 1.82. The van der Waals surface area contributed by atoms with E-state index in [4.69, 9.17) is 0 Å². The number of hydrogen-bond acceptors (Lipinski definition) is 2. The topological polar surface area (TPSA) is 44.0 Å². The van der Waals surface area contributed by atoms with Crippen molar-refractivity contribution in [1.82, 2.24) is 9.13 Å². The van der Waals surface area contributed by atoms with Crippen molar-refractivity contribution in [3.63, 3.8) is 0 Å². The minimum absolute atomic E-state index is 0.142. The highest BCUT2D eigenvalue weighted by atomic mass is 16.1. The lowest BCUT2D eigenvalue weighted by Gasteiger charge is -2.17. The number of nitrogens with zero attached hydrogens (tertiary/aromatic N) is 2. The molecular weight excluding hydrogens is 420 g/mol. The van der Waals surface area contributed by atoms with E-state index in [1.807, 2.05) is 109 Å². The van der Waals surface area contributed by atoms with Gasteiger partial charge in [0.1, 0.15) is 0 Å². The molecule has 6 aromatic rings. The number of fused-ring (bicyclic) bond motifs is 2. The quantitative estimate of drug-likeness (QED) is 0.341. The van der Waals surface area contributed by atoms with Crippen LogP contribution in [0.15, 0.2) is 131 Å². The Morgan fingerprint density at radius 1 is 0.412 bits per heavy atom. The van der Waals surface area contributed by atoms with Gasteiger partial charge in [0.2, 0.25) is 0 Å². The fourth-order valence-electron chi connectivity index (χ4n) is 4.69. The number of para-hydroxylation sites is 4. The number of pyridine rings is 2. The smallest absolute Gasteiger partial charge is 0.256 e. The summed E-state index contributed by atoms with van der Waals surface area (Å²) in [6.45, 7) is 0. The van der Waals surface area contributed by atoms with Gasteiger partial charge in [-0.15, -0.1) is 0 Å². The van der Waals surface area contributed by atoms with Gasteiger partial charge in [0.25, 0.3) is 11.1 Å². The van der Waals surface area contributed by atoms with Crippen molar-refractivity contribution in [1.29, 1.82) is 0 Å². The van der Waals surface area contributed by atoms with E-state index in [0.29, 0.717) is 0 Å². The van der Waals surface area contributed by atoms with Gasteiger partial charge >= 0.3 is 0 Å². The minimum atomic E-state index is -0.142. The van der Waals surface area contributed by atoms with Gasteiger partial charge in [-0.1, -0.05) is 72.8 Å². The van der Waals surface area contributed by atoms with Gasteiger partial charge in [0.15, 0.2) is 0 Å². The predicted molar refractivity (Wildman–Crippen MR) is 138 cm³/mol. The molecule has 0 aliphatic rings. The van der Waals surface area contributed by atoms with Crippen molar-refractivity contribution < 1.29 is 0 Å². The first-order valence-corrected chi connectivity index (χ1v) is 11.1. The van der Waals surface area contributed by atoms with Crippen LogP contribution in [0.4, 0.5) is 0 Å². The van der Waals surface area contributed by atoms with Crippen LogP contribution in [0.3, 0.4) is 0 Å². The Bertz CT molecular complexity index is 1650. The second kappa shape index (κ2) is 8.01. The molecule has 2 aromatic heterocycles. The summed E-state index contributed by atoms with van der Waals surface area (Å²) < 4.78 is 3.43. The highest BCUT2D eigenvalue weighted by Crippen LogP contribution is 2.33. The molecule has 0 saturated heterocycles. The first-order chi connectivity index (χ1) is 16.7. The van der Waals surface area contributed by atoms with Gasteiger partial charge in [0, 0.05) is 34.3 Å². The third kappa shape index (κ3) is 3.16. The largest absolute Gasteiger partial charge is 0.277 e. The Morgan fingerprint density at radius 2 is 0.765 bits per heavy atom. The van der Waals surface area contributed by atoms with Gasteiger partial charge in [-0.2, -0.15) is 0 Å². The molecule has 6 rings (SSSR count). The normalized spacial score (nSPS) is 11.2. The number of hydrogen-bond donors (Lipinski definition) is 0. The Kier molecular flexibility index (Phi) is 4.70. The van der Waals surface area contributed by atoms with Crippen LogP contribution in [0, 0.1) is 0 Å². The highest BCUT2D eigenvalue weighted by molar-refractivity contribution is 6.04. The fourth-order valence-corrected chi connectivity index (χ4v) is 4.69. The van der Waals surface area contributed by atoms with E-state index in [0.717, 1.165) is 44.3 Å². The summed E-state index contributed by atoms with van der Waals surface area (Å²) in [6, 6.07) is 38.2. The molecule has 0 saturated carbocycles. The molecule has 0 aliphatic carbocycles. The third-order valence-corrected chi connectivity index (χ3v) is 6.17. The Morgan fingerprint density at radius 3 is 1.18 bits per heavy atom. The van der Waals surface area contributed by atoms with Crippen molar-refractivity contribution in [2.75, 3.05) is 0 Å². The predicted octanol–water partition coefficient (Wildman–Crippen LogP) is 5.96. The molecule has 4 aromatic carbocycles. The van der Waals surface area contributed by atoms with Crippen LogP contribution in [0.5, 0.6) is 0 Å². The van der Waals surface area contributed by atoms with Crippen molar-refractivity contribution in [3.8, 4) is 22.5 Å². The maximum absolute atomic E-state index is 13.4. The van der Waals surface area contributed by atoms with Crippen molar-refractivity contribution in [3.05, 3.63) is 142 Å². The summed E-state index contributed by atoms with van der Waals surface area (Å²) in [4.78, 5) is 26.8. The summed E-state index contributed by atoms with van der Waals surface area (Å²) in [7, 11) is 0. The molecule has 4 heteroatoms. The molecule has 2 heterocycles. The molecule has 0 atom stereocenters. The fraction of sp³-hybridized carbons (Fsp3) is 0. The van der Waals surface area contributed by atoms with Crippen LogP contribution in [-0.2, 0) is 0 Å². The Balaban J connectivity index is 1.70. The SMILES string of the molecule is O=c1cc(-c2cc(=O)n(-c3ccccc3)c3ccccc23)c2ccccc2n1-c1ccccc1. The molecule has 0 unspecified atom stereocenters. The monoisotopic (exact) mass is 440 g/mol. The molecule has 0 amide bonds. The van der Waals surface area contributed by atoms with Crippen LogP contribution < -0.4 is 11.1 Å². The molecule has 0 radical (unpaired) electrons. The second-order valence-corrected chi connectivity index (χ2v) is 8.17. The molecule has 0 bridgehead atoms. The summed E-state index contributed by atoms with van der Waals surface area (Å²) in [5.41, 5.74) is 4.43. The molecule has 0 aliphatic heterocycles. The first kappa shape index (κ1) is 19.9. The number of benzene rings is 4. The highest BCUT2D eigenvalue weighted by Gasteiger charge is 2.16. The third-order valence-electron chi connectivity index (χ3n) is 6.17. The van der Waals surface area contributed by atoms with E-state index in [2.05, 4.69) is 0 Å². The molecule has 0 N–H and O–H groups in total. The van der Waals surface area contributed by atoms with E-state index in [-0.39, 0.29) is 11.1 Å². The van der Waals surface area contributed by atoms with Gasteiger partial charge < -0.3 is 0 Å². The summed E-state index contributed by atoms with van der Waals surface area (Å²) >= 11 is 0. The lowest BCUT2D eigenvalue weighted by Crippen LogP contribution is -2.20. The molecule has 162 valence electrons. The van der Waals surface area contributed by atoms with Gasteiger partial charge in [-0.25, -0.2) is 0 Å². The lowest BCUT2D eigenvalue weighted by molar-refractivity contribution is 1.04. The van der Waals surface area contributed by atoms with Crippen LogP contribution in [-0.4, -0.2) is 9.13 Å². The Hall–Kier alpha value is -4.70. The van der Waals surface area contributed by atoms with E-state index in [1.165, 1.54) is 0 Å². The molecular formula is C30H20N2O2. The van der Waals surface area contributed by atoms with Gasteiger partial charge in [0.05, 0.1) is 11.0 Å². The minimum Gasteiger partial charge on any atom is -0.277 e. The van der Waals surface area contributed by atoms with Crippen LogP contribution in [0.2, 0.25) is 0 Å². The second-order valence-electron chi connectivity index (χ2n) is 8.17. The first-order valence-electron chi connectivity index (χ1n) is 11.1. The molecule has 4 nitrogen and oxygen atoms in total. The van der Waals surface area contributed by atoms with Crippen LogP contribution in [0.1, 0.15) is 0 Å². The number of rotatable bonds is 3. The zero-order valence-corrected chi connectivity index (χ0v) is 18.3. The molecule has 34 heavy (non-hydrogen) atoms. The van der Waals surface area contributed by atoms with E-state index < -0.39 is 0 Å². The average molecular weight is 441 g/mol. The van der Waals surface area contributed by atoms with E-state index >= 15 is 0 Å². The standard InChI is InChI=1S/C30H20N2O2/c33-29-19-25(23-15-7-9-17-27(23)31(29)21-11-3-1-4-12-21)26-20-30(34)32(22-13-5-2-6-14-22)28-18-10-8-16-24(26)28/h1-20H. The summed E-state index contributed by atoms with van der Waals surface area (Å²) in [6.07, 6.45) is 0. The van der Waals surface area contributed by atoms with Gasteiger partial charge in [-0.3, -0.25) is 18.7 Å².